The molecule has 1 amide bonds. The highest BCUT2D eigenvalue weighted by molar-refractivity contribution is 9.10. The van der Waals surface area contributed by atoms with E-state index in [1.165, 1.54) is 36.4 Å². The van der Waals surface area contributed by atoms with Crippen molar-refractivity contribution in [2.24, 2.45) is 0 Å². The third-order valence-corrected chi connectivity index (χ3v) is 4.74. The van der Waals surface area contributed by atoms with Crippen molar-refractivity contribution < 1.29 is 26.7 Å². The van der Waals surface area contributed by atoms with Crippen molar-refractivity contribution in [3.8, 4) is 5.75 Å². The fourth-order valence-electron chi connectivity index (χ4n) is 1.85. The Morgan fingerprint density at radius 3 is 2.20 bits per heavy atom. The van der Waals surface area contributed by atoms with Crippen molar-refractivity contribution in [3.63, 3.8) is 0 Å². The van der Waals surface area contributed by atoms with E-state index >= 15 is 0 Å². The van der Waals surface area contributed by atoms with E-state index in [1.807, 2.05) is 0 Å². The van der Waals surface area contributed by atoms with Crippen LogP contribution in [-0.2, 0) is 9.84 Å². The predicted octanol–water partition coefficient (Wildman–Crippen LogP) is 3.25. The normalized spacial score (nSPS) is 11.8. The van der Waals surface area contributed by atoms with Gasteiger partial charge in [-0.3, -0.25) is 4.79 Å². The summed E-state index contributed by atoms with van der Waals surface area (Å²) in [5, 5.41) is 2.06. The van der Waals surface area contributed by atoms with Gasteiger partial charge in [-0.15, -0.1) is 0 Å². The lowest BCUT2D eigenvalue weighted by Crippen LogP contribution is -2.40. The lowest BCUT2D eigenvalue weighted by molar-refractivity contribution is -0.169. The molecule has 0 atom stereocenters. The molecular weight excluding hydrogens is 420 g/mol. The molecule has 0 saturated heterocycles. The number of alkyl halides is 2. The van der Waals surface area contributed by atoms with Crippen LogP contribution in [0.5, 0.6) is 5.75 Å². The van der Waals surface area contributed by atoms with E-state index in [9.17, 15) is 22.0 Å². The SMILES string of the molecule is CS(=O)(=O)c1ccc(C(=O)NCC(F)(F)Oc2ccc(Br)cc2)cc1. The molecule has 0 saturated carbocycles. The smallest absolute Gasteiger partial charge is 0.415 e. The number of amides is 1. The van der Waals surface area contributed by atoms with Gasteiger partial charge in [-0.2, -0.15) is 8.78 Å². The first-order valence-corrected chi connectivity index (χ1v) is 9.66. The molecule has 0 aliphatic carbocycles. The Balaban J connectivity index is 1.97. The minimum absolute atomic E-state index is 0.0351. The average Bonchev–Trinajstić information content (AvgIpc) is 2.54. The maximum atomic E-state index is 13.8. The van der Waals surface area contributed by atoms with Crippen molar-refractivity contribution >= 4 is 31.7 Å². The van der Waals surface area contributed by atoms with E-state index in [-0.39, 0.29) is 16.2 Å². The monoisotopic (exact) mass is 433 g/mol. The summed E-state index contributed by atoms with van der Waals surface area (Å²) in [5.41, 5.74) is 0.0619. The molecule has 2 aromatic carbocycles. The molecule has 134 valence electrons. The summed E-state index contributed by atoms with van der Waals surface area (Å²) in [5.74, 6) is -0.806. The Morgan fingerprint density at radius 2 is 1.68 bits per heavy atom. The second-order valence-electron chi connectivity index (χ2n) is 5.17. The topological polar surface area (TPSA) is 72.5 Å². The zero-order valence-electron chi connectivity index (χ0n) is 13.0. The maximum absolute atomic E-state index is 13.8. The van der Waals surface area contributed by atoms with E-state index in [0.29, 0.717) is 4.47 Å². The predicted molar refractivity (Wildman–Crippen MR) is 91.6 cm³/mol. The molecule has 5 nitrogen and oxygen atoms in total. The number of carbonyl (C=O) groups is 1. The van der Waals surface area contributed by atoms with Gasteiger partial charge in [0.05, 0.1) is 4.90 Å². The third kappa shape index (κ3) is 5.79. The molecule has 0 spiro atoms. The zero-order valence-corrected chi connectivity index (χ0v) is 15.4. The Hall–Kier alpha value is -2.00. The van der Waals surface area contributed by atoms with Crippen LogP contribution in [0, 0.1) is 0 Å². The molecular formula is C16H14BrF2NO4S. The number of hydrogen-bond donors (Lipinski definition) is 1. The molecule has 0 fully saturated rings. The Kier molecular flexibility index (Phi) is 5.79. The number of rotatable bonds is 6. The van der Waals surface area contributed by atoms with E-state index in [4.69, 9.17) is 0 Å². The number of carbonyl (C=O) groups excluding carboxylic acids is 1. The van der Waals surface area contributed by atoms with Gasteiger partial charge in [-0.25, -0.2) is 8.42 Å². The molecule has 1 N–H and O–H groups in total. The van der Waals surface area contributed by atoms with Gasteiger partial charge >= 0.3 is 6.11 Å². The van der Waals surface area contributed by atoms with E-state index < -0.39 is 28.4 Å². The maximum Gasteiger partial charge on any atom is 0.415 e. The van der Waals surface area contributed by atoms with Crippen LogP contribution in [-0.4, -0.2) is 33.2 Å². The lowest BCUT2D eigenvalue weighted by atomic mass is 10.2. The first-order valence-electron chi connectivity index (χ1n) is 6.97. The van der Waals surface area contributed by atoms with Crippen LogP contribution in [0.15, 0.2) is 57.9 Å². The first kappa shape index (κ1) is 19.3. The number of nitrogens with one attached hydrogen (secondary N) is 1. The van der Waals surface area contributed by atoms with Gasteiger partial charge in [0.1, 0.15) is 12.3 Å². The summed E-state index contributed by atoms with van der Waals surface area (Å²) in [6.45, 7) is -1.03. The summed E-state index contributed by atoms with van der Waals surface area (Å²) in [7, 11) is -3.39. The molecule has 2 rings (SSSR count). The van der Waals surface area contributed by atoms with E-state index in [2.05, 4.69) is 26.0 Å². The highest BCUT2D eigenvalue weighted by Crippen LogP contribution is 2.23. The Labute approximate surface area is 152 Å². The van der Waals surface area contributed by atoms with Crippen LogP contribution in [0.3, 0.4) is 0 Å². The second kappa shape index (κ2) is 7.49. The zero-order chi connectivity index (χ0) is 18.7. The van der Waals surface area contributed by atoms with E-state index in [1.54, 1.807) is 12.1 Å². The number of sulfone groups is 1. The Morgan fingerprint density at radius 1 is 1.12 bits per heavy atom. The first-order chi connectivity index (χ1) is 11.6. The minimum atomic E-state index is -3.60. The van der Waals surface area contributed by atoms with Gasteiger partial charge in [0.25, 0.3) is 5.91 Å². The molecule has 0 bridgehead atoms. The van der Waals surface area contributed by atoms with Crippen LogP contribution in [0.2, 0.25) is 0 Å². The van der Waals surface area contributed by atoms with Gasteiger partial charge in [-0.1, -0.05) is 15.9 Å². The highest BCUT2D eigenvalue weighted by Gasteiger charge is 2.32. The summed E-state index contributed by atoms with van der Waals surface area (Å²) in [4.78, 5) is 11.9. The van der Waals surface area contributed by atoms with Gasteiger partial charge < -0.3 is 10.1 Å². The van der Waals surface area contributed by atoms with Crippen LogP contribution < -0.4 is 10.1 Å². The number of benzene rings is 2. The molecule has 0 unspecified atom stereocenters. The van der Waals surface area contributed by atoms with Crippen LogP contribution >= 0.6 is 15.9 Å². The molecule has 2 aromatic rings. The summed E-state index contributed by atoms with van der Waals surface area (Å²) >= 11 is 3.18. The van der Waals surface area contributed by atoms with Crippen molar-refractivity contribution in [2.45, 2.75) is 11.0 Å². The summed E-state index contributed by atoms with van der Waals surface area (Å²) in [6, 6.07) is 10.8. The summed E-state index contributed by atoms with van der Waals surface area (Å²) < 4.78 is 55.5. The largest absolute Gasteiger partial charge is 0.431 e. The fraction of sp³-hybridized carbons (Fsp3) is 0.188. The molecule has 0 heterocycles. The average molecular weight is 434 g/mol. The second-order valence-corrected chi connectivity index (χ2v) is 8.10. The molecule has 25 heavy (non-hydrogen) atoms. The highest BCUT2D eigenvalue weighted by atomic mass is 79.9. The third-order valence-electron chi connectivity index (χ3n) is 3.08. The summed E-state index contributed by atoms with van der Waals surface area (Å²) in [6.07, 6.45) is -2.57. The Bertz CT molecular complexity index is 853. The number of halogens is 3. The van der Waals surface area contributed by atoms with Crippen molar-refractivity contribution in [2.75, 3.05) is 12.8 Å². The van der Waals surface area contributed by atoms with Gasteiger partial charge in [0, 0.05) is 16.3 Å². The molecule has 0 aliphatic rings. The lowest BCUT2D eigenvalue weighted by Gasteiger charge is -2.18. The van der Waals surface area contributed by atoms with Gasteiger partial charge in [0.15, 0.2) is 9.84 Å². The molecule has 0 aliphatic heterocycles. The van der Waals surface area contributed by atoms with Crippen LogP contribution in [0.1, 0.15) is 10.4 Å². The van der Waals surface area contributed by atoms with Crippen molar-refractivity contribution in [3.05, 3.63) is 58.6 Å². The fourth-order valence-corrected chi connectivity index (χ4v) is 2.74. The van der Waals surface area contributed by atoms with Gasteiger partial charge in [-0.05, 0) is 48.5 Å². The quantitative estimate of drug-likeness (QED) is 0.758. The van der Waals surface area contributed by atoms with Crippen LogP contribution in [0.25, 0.3) is 0 Å². The molecule has 0 radical (unpaired) electrons. The van der Waals surface area contributed by atoms with Gasteiger partial charge in [0.2, 0.25) is 0 Å². The number of hydrogen-bond acceptors (Lipinski definition) is 4. The van der Waals surface area contributed by atoms with Crippen LogP contribution in [0.4, 0.5) is 8.78 Å². The van der Waals surface area contributed by atoms with Crippen molar-refractivity contribution in [1.29, 1.82) is 0 Å². The standard InChI is InChI=1S/C16H14BrF2NO4S/c1-25(22,23)14-8-2-11(3-9-14)15(21)20-10-16(18,19)24-13-6-4-12(17)5-7-13/h2-9H,10H2,1H3,(H,20,21). The molecule has 0 aromatic heterocycles. The van der Waals surface area contributed by atoms with Crippen molar-refractivity contribution in [1.82, 2.24) is 5.32 Å². The van der Waals surface area contributed by atoms with E-state index in [0.717, 1.165) is 6.26 Å². The minimum Gasteiger partial charge on any atom is -0.431 e. The molecule has 9 heteroatoms. The number of ether oxygens (including phenoxy) is 1.